The third-order valence-electron chi connectivity index (χ3n) is 4.48. The standard InChI is InChI=1S/C20H21N3O5S/c1-28-11-10-23-13-18(16-4-2-3-5-17(16)20(23)25)19(24)22-12-14-6-8-15(9-7-14)29(21,26)27/h2-9,13H,10-12H2,1H3,(H,22,24)(H2,21,26,27). The Labute approximate surface area is 168 Å². The maximum absolute atomic E-state index is 12.8. The van der Waals surface area contributed by atoms with Gasteiger partial charge in [0.05, 0.1) is 17.1 Å². The molecule has 2 aromatic carbocycles. The number of hydrogen-bond donors (Lipinski definition) is 2. The number of sulfonamides is 1. The maximum atomic E-state index is 12.8. The van der Waals surface area contributed by atoms with E-state index in [1.54, 1.807) is 43.5 Å². The molecule has 152 valence electrons. The highest BCUT2D eigenvalue weighted by atomic mass is 32.2. The van der Waals surface area contributed by atoms with Crippen molar-refractivity contribution >= 4 is 26.7 Å². The van der Waals surface area contributed by atoms with Crippen molar-refractivity contribution in [3.63, 3.8) is 0 Å². The van der Waals surface area contributed by atoms with Gasteiger partial charge in [-0.15, -0.1) is 0 Å². The fourth-order valence-electron chi connectivity index (χ4n) is 2.95. The van der Waals surface area contributed by atoms with E-state index in [9.17, 15) is 18.0 Å². The molecular weight excluding hydrogens is 394 g/mol. The van der Waals surface area contributed by atoms with Crippen molar-refractivity contribution < 1.29 is 17.9 Å². The highest BCUT2D eigenvalue weighted by Gasteiger charge is 2.15. The van der Waals surface area contributed by atoms with Crippen LogP contribution in [0, 0.1) is 0 Å². The van der Waals surface area contributed by atoms with Crippen LogP contribution in [0.15, 0.2) is 64.4 Å². The number of amides is 1. The number of nitrogens with zero attached hydrogens (tertiary/aromatic N) is 1. The molecule has 0 atom stereocenters. The second-order valence-electron chi connectivity index (χ2n) is 6.45. The van der Waals surface area contributed by atoms with Gasteiger partial charge in [-0.3, -0.25) is 9.59 Å². The number of carbonyl (C=O) groups is 1. The Morgan fingerprint density at radius 1 is 1.10 bits per heavy atom. The first-order chi connectivity index (χ1) is 13.8. The number of hydrogen-bond acceptors (Lipinski definition) is 5. The Balaban J connectivity index is 1.86. The summed E-state index contributed by atoms with van der Waals surface area (Å²) in [6.07, 6.45) is 1.53. The number of benzene rings is 2. The average molecular weight is 415 g/mol. The summed E-state index contributed by atoms with van der Waals surface area (Å²) < 4.78 is 29.2. The van der Waals surface area contributed by atoms with Crippen LogP contribution in [0.2, 0.25) is 0 Å². The number of primary sulfonamides is 1. The summed E-state index contributed by atoms with van der Waals surface area (Å²) in [5.41, 5.74) is 0.896. The highest BCUT2D eigenvalue weighted by Crippen LogP contribution is 2.16. The minimum Gasteiger partial charge on any atom is -0.383 e. The van der Waals surface area contributed by atoms with E-state index in [0.29, 0.717) is 35.1 Å². The first kappa shape index (κ1) is 20.7. The predicted octanol–water partition coefficient (Wildman–Crippen LogP) is 1.23. The molecule has 3 rings (SSSR count). The maximum Gasteiger partial charge on any atom is 0.258 e. The zero-order chi connectivity index (χ0) is 21.0. The van der Waals surface area contributed by atoms with Gasteiger partial charge in [0.25, 0.3) is 11.5 Å². The molecule has 8 nitrogen and oxygen atoms in total. The van der Waals surface area contributed by atoms with Crippen molar-refractivity contribution in [1.29, 1.82) is 0 Å². The summed E-state index contributed by atoms with van der Waals surface area (Å²) in [6.45, 7) is 0.862. The lowest BCUT2D eigenvalue weighted by Crippen LogP contribution is -2.28. The van der Waals surface area contributed by atoms with Gasteiger partial charge in [0, 0.05) is 37.2 Å². The zero-order valence-electron chi connectivity index (χ0n) is 15.8. The Bertz CT molecular complexity index is 1200. The number of ether oxygens (including phenoxy) is 1. The molecule has 0 saturated carbocycles. The predicted molar refractivity (Wildman–Crippen MR) is 109 cm³/mol. The summed E-state index contributed by atoms with van der Waals surface area (Å²) in [4.78, 5) is 25.4. The normalized spacial score (nSPS) is 11.5. The highest BCUT2D eigenvalue weighted by molar-refractivity contribution is 7.89. The quantitative estimate of drug-likeness (QED) is 0.601. The number of fused-ring (bicyclic) bond motifs is 1. The van der Waals surface area contributed by atoms with E-state index in [-0.39, 0.29) is 22.9 Å². The van der Waals surface area contributed by atoms with E-state index >= 15 is 0 Å². The van der Waals surface area contributed by atoms with Crippen molar-refractivity contribution in [2.45, 2.75) is 18.0 Å². The molecule has 1 aromatic heterocycles. The number of methoxy groups -OCH3 is 1. The third kappa shape index (κ3) is 4.70. The van der Waals surface area contributed by atoms with E-state index in [1.165, 1.54) is 22.9 Å². The number of pyridine rings is 1. The van der Waals surface area contributed by atoms with Crippen LogP contribution < -0.4 is 16.0 Å². The minimum atomic E-state index is -3.76. The van der Waals surface area contributed by atoms with Crippen molar-refractivity contribution in [2.24, 2.45) is 5.14 Å². The number of rotatable bonds is 7. The van der Waals surface area contributed by atoms with E-state index in [0.717, 1.165) is 0 Å². The molecule has 3 aromatic rings. The molecule has 1 heterocycles. The lowest BCUT2D eigenvalue weighted by atomic mass is 10.1. The van der Waals surface area contributed by atoms with E-state index in [4.69, 9.17) is 9.88 Å². The lowest BCUT2D eigenvalue weighted by Gasteiger charge is -2.12. The molecule has 1 amide bonds. The number of carbonyl (C=O) groups excluding carboxylic acids is 1. The molecule has 0 saturated heterocycles. The van der Waals surface area contributed by atoms with Crippen LogP contribution in [0.4, 0.5) is 0 Å². The summed E-state index contributed by atoms with van der Waals surface area (Å²) in [5, 5.41) is 8.90. The largest absolute Gasteiger partial charge is 0.383 e. The van der Waals surface area contributed by atoms with Gasteiger partial charge < -0.3 is 14.6 Å². The fourth-order valence-corrected chi connectivity index (χ4v) is 3.47. The van der Waals surface area contributed by atoms with E-state index < -0.39 is 10.0 Å². The molecular formula is C20H21N3O5S. The van der Waals surface area contributed by atoms with Gasteiger partial charge in [0.15, 0.2) is 0 Å². The fraction of sp³-hybridized carbons (Fsp3) is 0.200. The van der Waals surface area contributed by atoms with Crippen molar-refractivity contribution in [3.8, 4) is 0 Å². The van der Waals surface area contributed by atoms with Gasteiger partial charge in [-0.2, -0.15) is 0 Å². The minimum absolute atomic E-state index is 0.00351. The topological polar surface area (TPSA) is 120 Å². The van der Waals surface area contributed by atoms with Gasteiger partial charge in [-0.05, 0) is 23.8 Å². The molecule has 0 spiro atoms. The second-order valence-corrected chi connectivity index (χ2v) is 8.01. The van der Waals surface area contributed by atoms with Gasteiger partial charge in [-0.25, -0.2) is 13.6 Å². The van der Waals surface area contributed by atoms with Crippen LogP contribution in [-0.4, -0.2) is 32.6 Å². The van der Waals surface area contributed by atoms with Crippen LogP contribution in [0.3, 0.4) is 0 Å². The molecule has 3 N–H and O–H groups in total. The zero-order valence-corrected chi connectivity index (χ0v) is 16.6. The molecule has 29 heavy (non-hydrogen) atoms. The number of nitrogens with one attached hydrogen (secondary N) is 1. The molecule has 0 aliphatic heterocycles. The Kier molecular flexibility index (Phi) is 6.12. The molecule has 0 fully saturated rings. The van der Waals surface area contributed by atoms with Crippen molar-refractivity contribution in [3.05, 3.63) is 76.2 Å². The SMILES string of the molecule is COCCn1cc(C(=O)NCc2ccc(S(N)(=O)=O)cc2)c2ccccc2c1=O. The van der Waals surface area contributed by atoms with Crippen LogP contribution in [0.5, 0.6) is 0 Å². The van der Waals surface area contributed by atoms with Crippen molar-refractivity contribution in [2.75, 3.05) is 13.7 Å². The van der Waals surface area contributed by atoms with E-state index in [2.05, 4.69) is 5.32 Å². The second kappa shape index (κ2) is 8.56. The summed E-state index contributed by atoms with van der Waals surface area (Å²) in [5.74, 6) is -0.345. The Hall–Kier alpha value is -3.01. The Morgan fingerprint density at radius 2 is 1.76 bits per heavy atom. The third-order valence-corrected chi connectivity index (χ3v) is 5.41. The monoisotopic (exact) mass is 415 g/mol. The Morgan fingerprint density at radius 3 is 2.38 bits per heavy atom. The van der Waals surface area contributed by atoms with E-state index in [1.807, 2.05) is 0 Å². The first-order valence-electron chi connectivity index (χ1n) is 8.82. The average Bonchev–Trinajstić information content (AvgIpc) is 2.71. The van der Waals surface area contributed by atoms with Crippen LogP contribution in [-0.2, 0) is 27.8 Å². The van der Waals surface area contributed by atoms with Gasteiger partial charge >= 0.3 is 0 Å². The number of aromatic nitrogens is 1. The van der Waals surface area contributed by atoms with Crippen LogP contribution >= 0.6 is 0 Å². The molecule has 0 radical (unpaired) electrons. The molecule has 0 unspecified atom stereocenters. The smallest absolute Gasteiger partial charge is 0.258 e. The lowest BCUT2D eigenvalue weighted by molar-refractivity contribution is 0.0951. The van der Waals surface area contributed by atoms with Gasteiger partial charge in [0.1, 0.15) is 0 Å². The molecule has 0 aliphatic rings. The van der Waals surface area contributed by atoms with Gasteiger partial charge in [0.2, 0.25) is 10.0 Å². The van der Waals surface area contributed by atoms with Crippen LogP contribution in [0.25, 0.3) is 10.8 Å². The van der Waals surface area contributed by atoms with Gasteiger partial charge in [-0.1, -0.05) is 30.3 Å². The number of nitrogens with two attached hydrogens (primary N) is 1. The molecule has 9 heteroatoms. The summed E-state index contributed by atoms with van der Waals surface area (Å²) >= 11 is 0. The first-order valence-corrected chi connectivity index (χ1v) is 10.4. The summed E-state index contributed by atoms with van der Waals surface area (Å²) in [6, 6.07) is 12.9. The summed E-state index contributed by atoms with van der Waals surface area (Å²) in [7, 11) is -2.22. The van der Waals surface area contributed by atoms with Crippen molar-refractivity contribution in [1.82, 2.24) is 9.88 Å². The van der Waals surface area contributed by atoms with Crippen LogP contribution in [0.1, 0.15) is 15.9 Å². The molecule has 0 aliphatic carbocycles. The molecule has 0 bridgehead atoms.